The molecule has 0 aliphatic carbocycles. The SMILES string of the molecule is CC(C)Cc1nnc(NC(=O)CC(N)CC(C)(C)C)s1. The highest BCUT2D eigenvalue weighted by Crippen LogP contribution is 2.22. The summed E-state index contributed by atoms with van der Waals surface area (Å²) in [5.74, 6) is 0.445. The summed E-state index contributed by atoms with van der Waals surface area (Å²) in [5.41, 5.74) is 6.12. The molecule has 1 aromatic heterocycles. The maximum absolute atomic E-state index is 11.9. The van der Waals surface area contributed by atoms with Crippen LogP contribution in [0.3, 0.4) is 0 Å². The van der Waals surface area contributed by atoms with E-state index in [4.69, 9.17) is 5.73 Å². The molecule has 0 saturated carbocycles. The maximum Gasteiger partial charge on any atom is 0.227 e. The van der Waals surface area contributed by atoms with E-state index in [1.54, 1.807) is 0 Å². The zero-order valence-electron chi connectivity index (χ0n) is 13.1. The molecule has 0 aromatic carbocycles. The Hall–Kier alpha value is -1.01. The normalized spacial score (nSPS) is 13.6. The van der Waals surface area contributed by atoms with Gasteiger partial charge in [-0.2, -0.15) is 0 Å². The lowest BCUT2D eigenvalue weighted by Gasteiger charge is -2.22. The van der Waals surface area contributed by atoms with Crippen LogP contribution in [0.25, 0.3) is 0 Å². The Bertz CT molecular complexity index is 437. The lowest BCUT2D eigenvalue weighted by Crippen LogP contribution is -2.31. The van der Waals surface area contributed by atoms with E-state index in [0.29, 0.717) is 17.5 Å². The number of aromatic nitrogens is 2. The Morgan fingerprint density at radius 3 is 2.55 bits per heavy atom. The van der Waals surface area contributed by atoms with Crippen LogP contribution in [0.4, 0.5) is 5.13 Å². The second-order valence-electron chi connectivity index (χ2n) is 6.88. The first kappa shape index (κ1) is 17.0. The van der Waals surface area contributed by atoms with Crippen LogP contribution >= 0.6 is 11.3 Å². The van der Waals surface area contributed by atoms with Crippen molar-refractivity contribution < 1.29 is 4.79 Å². The molecule has 3 N–H and O–H groups in total. The molecule has 0 spiro atoms. The van der Waals surface area contributed by atoms with E-state index < -0.39 is 0 Å². The molecule has 1 unspecified atom stereocenters. The van der Waals surface area contributed by atoms with Gasteiger partial charge in [0.2, 0.25) is 11.0 Å². The summed E-state index contributed by atoms with van der Waals surface area (Å²) in [6.07, 6.45) is 2.02. The van der Waals surface area contributed by atoms with E-state index in [0.717, 1.165) is 17.8 Å². The third kappa shape index (κ3) is 6.96. The van der Waals surface area contributed by atoms with Crippen molar-refractivity contribution in [2.45, 2.75) is 59.9 Å². The second kappa shape index (κ2) is 7.13. The van der Waals surface area contributed by atoms with Gasteiger partial charge >= 0.3 is 0 Å². The summed E-state index contributed by atoms with van der Waals surface area (Å²) in [7, 11) is 0. The molecule has 0 radical (unpaired) electrons. The van der Waals surface area contributed by atoms with Crippen molar-refractivity contribution in [1.29, 1.82) is 0 Å². The highest BCUT2D eigenvalue weighted by atomic mass is 32.1. The van der Waals surface area contributed by atoms with Gasteiger partial charge in [-0.3, -0.25) is 4.79 Å². The number of hydrogen-bond donors (Lipinski definition) is 2. The number of carbonyl (C=O) groups excluding carboxylic acids is 1. The van der Waals surface area contributed by atoms with Crippen molar-refractivity contribution in [3.05, 3.63) is 5.01 Å². The standard InChI is InChI=1S/C14H26N4OS/c1-9(2)6-12-17-18-13(20-12)16-11(19)7-10(15)8-14(3,4)5/h9-10H,6-8,15H2,1-5H3,(H,16,18,19). The van der Waals surface area contributed by atoms with Crippen LogP contribution in [0.15, 0.2) is 0 Å². The molecule has 0 saturated heterocycles. The van der Waals surface area contributed by atoms with Gasteiger partial charge in [0, 0.05) is 18.9 Å². The van der Waals surface area contributed by atoms with Gasteiger partial charge in [-0.05, 0) is 17.8 Å². The van der Waals surface area contributed by atoms with Gasteiger partial charge in [0.25, 0.3) is 0 Å². The predicted molar refractivity (Wildman–Crippen MR) is 83.7 cm³/mol. The van der Waals surface area contributed by atoms with E-state index in [1.165, 1.54) is 11.3 Å². The molecule has 0 bridgehead atoms. The molecule has 0 aliphatic heterocycles. The van der Waals surface area contributed by atoms with Crippen molar-refractivity contribution in [1.82, 2.24) is 10.2 Å². The number of anilines is 1. The van der Waals surface area contributed by atoms with E-state index in [1.807, 2.05) is 0 Å². The van der Waals surface area contributed by atoms with Crippen molar-refractivity contribution in [3.63, 3.8) is 0 Å². The summed E-state index contributed by atoms with van der Waals surface area (Å²) in [6.45, 7) is 10.6. The van der Waals surface area contributed by atoms with Crippen molar-refractivity contribution in [3.8, 4) is 0 Å². The minimum atomic E-state index is -0.127. The number of rotatable bonds is 6. The molecule has 1 amide bonds. The van der Waals surface area contributed by atoms with E-state index >= 15 is 0 Å². The third-order valence-corrected chi connectivity index (χ3v) is 3.48. The molecule has 1 heterocycles. The zero-order chi connectivity index (χ0) is 15.3. The van der Waals surface area contributed by atoms with Gasteiger partial charge in [0.1, 0.15) is 5.01 Å². The molecule has 1 aromatic rings. The smallest absolute Gasteiger partial charge is 0.227 e. The summed E-state index contributed by atoms with van der Waals surface area (Å²) >= 11 is 1.43. The van der Waals surface area contributed by atoms with Gasteiger partial charge in [-0.15, -0.1) is 10.2 Å². The first-order chi connectivity index (χ1) is 9.15. The molecule has 6 heteroatoms. The number of carbonyl (C=O) groups is 1. The predicted octanol–water partition coefficient (Wildman–Crippen LogP) is 2.83. The number of nitrogens with zero attached hydrogens (tertiary/aromatic N) is 2. The Labute approximate surface area is 125 Å². The van der Waals surface area contributed by atoms with Gasteiger partial charge in [0.15, 0.2) is 0 Å². The fourth-order valence-corrected chi connectivity index (χ4v) is 2.97. The van der Waals surface area contributed by atoms with E-state index in [9.17, 15) is 4.79 Å². The fraction of sp³-hybridized carbons (Fsp3) is 0.786. The quantitative estimate of drug-likeness (QED) is 0.846. The van der Waals surface area contributed by atoms with E-state index in [2.05, 4.69) is 50.1 Å². The average Bonchev–Trinajstić information content (AvgIpc) is 2.60. The Morgan fingerprint density at radius 2 is 2.00 bits per heavy atom. The van der Waals surface area contributed by atoms with Crippen LogP contribution in [-0.2, 0) is 11.2 Å². The fourth-order valence-electron chi connectivity index (χ4n) is 2.00. The summed E-state index contributed by atoms with van der Waals surface area (Å²) in [6, 6.07) is -0.127. The van der Waals surface area contributed by atoms with Gasteiger partial charge in [-0.25, -0.2) is 0 Å². The molecule has 0 aliphatic rings. The molecule has 114 valence electrons. The maximum atomic E-state index is 11.9. The average molecular weight is 298 g/mol. The van der Waals surface area contributed by atoms with E-state index in [-0.39, 0.29) is 17.4 Å². The highest BCUT2D eigenvalue weighted by Gasteiger charge is 2.19. The molecule has 1 atom stereocenters. The molecule has 20 heavy (non-hydrogen) atoms. The minimum Gasteiger partial charge on any atom is -0.327 e. The molecular weight excluding hydrogens is 272 g/mol. The number of nitrogens with two attached hydrogens (primary N) is 1. The summed E-state index contributed by atoms with van der Waals surface area (Å²) in [5, 5.41) is 12.4. The summed E-state index contributed by atoms with van der Waals surface area (Å²) < 4.78 is 0. The number of amides is 1. The molecular formula is C14H26N4OS. The first-order valence-corrected chi connectivity index (χ1v) is 7.85. The first-order valence-electron chi connectivity index (χ1n) is 7.03. The van der Waals surface area contributed by atoms with Crippen molar-refractivity contribution >= 4 is 22.4 Å². The Morgan fingerprint density at radius 1 is 1.35 bits per heavy atom. The molecule has 0 fully saturated rings. The van der Waals surface area contributed by atoms with Gasteiger partial charge in [-0.1, -0.05) is 46.0 Å². The van der Waals surface area contributed by atoms with Crippen LogP contribution in [0, 0.1) is 11.3 Å². The van der Waals surface area contributed by atoms with Crippen LogP contribution in [0.2, 0.25) is 0 Å². The largest absolute Gasteiger partial charge is 0.327 e. The lowest BCUT2D eigenvalue weighted by atomic mass is 9.87. The minimum absolute atomic E-state index is 0.0889. The summed E-state index contributed by atoms with van der Waals surface area (Å²) in [4.78, 5) is 11.9. The van der Waals surface area contributed by atoms with Crippen LogP contribution < -0.4 is 11.1 Å². The highest BCUT2D eigenvalue weighted by molar-refractivity contribution is 7.15. The Kier molecular flexibility index (Phi) is 6.07. The number of hydrogen-bond acceptors (Lipinski definition) is 5. The van der Waals surface area contributed by atoms with Gasteiger partial charge in [0.05, 0.1) is 0 Å². The van der Waals surface area contributed by atoms with Crippen LogP contribution in [-0.4, -0.2) is 22.1 Å². The number of nitrogens with one attached hydrogen (secondary N) is 1. The molecule has 5 nitrogen and oxygen atoms in total. The van der Waals surface area contributed by atoms with Crippen LogP contribution in [0.1, 0.15) is 52.5 Å². The topological polar surface area (TPSA) is 80.9 Å². The zero-order valence-corrected chi connectivity index (χ0v) is 13.9. The van der Waals surface area contributed by atoms with Crippen LogP contribution in [0.5, 0.6) is 0 Å². The van der Waals surface area contributed by atoms with Crippen molar-refractivity contribution in [2.75, 3.05) is 5.32 Å². The second-order valence-corrected chi connectivity index (χ2v) is 7.94. The van der Waals surface area contributed by atoms with Gasteiger partial charge < -0.3 is 11.1 Å². The third-order valence-electron chi connectivity index (χ3n) is 2.62. The Balaban J connectivity index is 2.44. The van der Waals surface area contributed by atoms with Crippen molar-refractivity contribution in [2.24, 2.45) is 17.1 Å². The monoisotopic (exact) mass is 298 g/mol. The molecule has 1 rings (SSSR count). The lowest BCUT2D eigenvalue weighted by molar-refractivity contribution is -0.116.